The molecule has 94 valence electrons. The van der Waals surface area contributed by atoms with E-state index in [-0.39, 0.29) is 10.8 Å². The molecule has 0 bridgehead atoms. The van der Waals surface area contributed by atoms with Crippen molar-refractivity contribution in [2.45, 2.75) is 9.92 Å². The standard InChI is InChI=1S/C12H9BrF2N2S/c1-16-11-8(14)6-9(15)12(17-11)18-10-5-3-2-4-7(10)13/h2-6H,1H3,(H,16,17). The minimum absolute atomic E-state index is 0.0333. The van der Waals surface area contributed by atoms with E-state index in [4.69, 9.17) is 0 Å². The molecule has 0 amide bonds. The maximum atomic E-state index is 13.6. The molecule has 2 rings (SSSR count). The number of aromatic nitrogens is 1. The van der Waals surface area contributed by atoms with Crippen molar-refractivity contribution in [3.8, 4) is 0 Å². The molecule has 2 nitrogen and oxygen atoms in total. The maximum absolute atomic E-state index is 13.6. The minimum atomic E-state index is -0.702. The number of nitrogens with zero attached hydrogens (tertiary/aromatic N) is 1. The van der Waals surface area contributed by atoms with Crippen LogP contribution in [0.1, 0.15) is 0 Å². The zero-order chi connectivity index (χ0) is 13.1. The van der Waals surface area contributed by atoms with Crippen molar-refractivity contribution in [1.82, 2.24) is 4.98 Å². The van der Waals surface area contributed by atoms with Crippen molar-refractivity contribution >= 4 is 33.5 Å². The van der Waals surface area contributed by atoms with Gasteiger partial charge in [-0.3, -0.25) is 0 Å². The maximum Gasteiger partial charge on any atom is 0.168 e. The van der Waals surface area contributed by atoms with E-state index in [9.17, 15) is 8.78 Å². The molecule has 6 heteroatoms. The fourth-order valence-electron chi connectivity index (χ4n) is 1.33. The van der Waals surface area contributed by atoms with Crippen LogP contribution in [0.15, 0.2) is 44.7 Å². The second kappa shape index (κ2) is 5.67. The third-order valence-corrected chi connectivity index (χ3v) is 4.19. The molecule has 0 aliphatic carbocycles. The first-order valence-corrected chi connectivity index (χ1v) is 6.69. The monoisotopic (exact) mass is 330 g/mol. The summed E-state index contributed by atoms with van der Waals surface area (Å²) in [6.07, 6.45) is 0. The summed E-state index contributed by atoms with van der Waals surface area (Å²) in [6, 6.07) is 8.22. The number of anilines is 1. The molecule has 0 radical (unpaired) electrons. The van der Waals surface area contributed by atoms with Gasteiger partial charge in [-0.25, -0.2) is 13.8 Å². The van der Waals surface area contributed by atoms with Crippen molar-refractivity contribution in [2.75, 3.05) is 12.4 Å². The van der Waals surface area contributed by atoms with Gasteiger partial charge < -0.3 is 5.32 Å². The Morgan fingerprint density at radius 3 is 2.61 bits per heavy atom. The molecule has 0 unspecified atom stereocenters. The minimum Gasteiger partial charge on any atom is -0.371 e. The normalized spacial score (nSPS) is 10.4. The highest BCUT2D eigenvalue weighted by Gasteiger charge is 2.13. The Labute approximate surface area is 116 Å². The van der Waals surface area contributed by atoms with E-state index in [1.165, 1.54) is 7.05 Å². The lowest BCUT2D eigenvalue weighted by molar-refractivity contribution is 0.551. The van der Waals surface area contributed by atoms with Crippen molar-refractivity contribution < 1.29 is 8.78 Å². The molecule has 1 aromatic heterocycles. The van der Waals surface area contributed by atoms with Crippen molar-refractivity contribution in [3.63, 3.8) is 0 Å². The largest absolute Gasteiger partial charge is 0.371 e. The third-order valence-electron chi connectivity index (χ3n) is 2.18. The van der Waals surface area contributed by atoms with E-state index in [0.29, 0.717) is 0 Å². The summed E-state index contributed by atoms with van der Waals surface area (Å²) in [4.78, 5) is 4.72. The van der Waals surface area contributed by atoms with Gasteiger partial charge in [-0.1, -0.05) is 23.9 Å². The quantitative estimate of drug-likeness (QED) is 0.907. The van der Waals surface area contributed by atoms with Gasteiger partial charge in [0, 0.05) is 22.5 Å². The van der Waals surface area contributed by atoms with E-state index in [1.807, 2.05) is 24.3 Å². The van der Waals surface area contributed by atoms with Gasteiger partial charge in [-0.15, -0.1) is 0 Å². The Morgan fingerprint density at radius 1 is 1.22 bits per heavy atom. The van der Waals surface area contributed by atoms with Crippen LogP contribution in [0.5, 0.6) is 0 Å². The molecule has 0 atom stereocenters. The molecule has 2 aromatic rings. The first-order chi connectivity index (χ1) is 8.61. The number of pyridine rings is 1. The number of rotatable bonds is 3. The zero-order valence-corrected chi connectivity index (χ0v) is 11.8. The van der Waals surface area contributed by atoms with Crippen LogP contribution >= 0.6 is 27.7 Å². The van der Waals surface area contributed by atoms with E-state index in [1.54, 1.807) is 0 Å². The first kappa shape index (κ1) is 13.3. The summed E-state index contributed by atoms with van der Waals surface area (Å²) < 4.78 is 27.7. The Hall–Kier alpha value is -1.14. The molecule has 0 aliphatic rings. The van der Waals surface area contributed by atoms with Gasteiger partial charge in [0.05, 0.1) is 0 Å². The summed E-state index contributed by atoms with van der Waals surface area (Å²) in [5.74, 6) is -1.34. The molecule has 0 spiro atoms. The van der Waals surface area contributed by atoms with E-state index in [2.05, 4.69) is 26.2 Å². The molecule has 0 saturated carbocycles. The van der Waals surface area contributed by atoms with Crippen LogP contribution in [0.3, 0.4) is 0 Å². The van der Waals surface area contributed by atoms with E-state index >= 15 is 0 Å². The fourth-order valence-corrected chi connectivity index (χ4v) is 2.67. The summed E-state index contributed by atoms with van der Waals surface area (Å²) in [6.45, 7) is 0. The van der Waals surface area contributed by atoms with Gasteiger partial charge in [0.2, 0.25) is 0 Å². The molecular weight excluding hydrogens is 322 g/mol. The Bertz CT molecular complexity index is 578. The number of nitrogens with one attached hydrogen (secondary N) is 1. The highest BCUT2D eigenvalue weighted by atomic mass is 79.9. The van der Waals surface area contributed by atoms with Crippen LogP contribution in [0, 0.1) is 11.6 Å². The lowest BCUT2D eigenvalue weighted by Crippen LogP contribution is -1.99. The molecule has 0 fully saturated rings. The molecule has 0 saturated heterocycles. The van der Waals surface area contributed by atoms with Crippen LogP contribution in [-0.2, 0) is 0 Å². The van der Waals surface area contributed by atoms with Crippen LogP contribution in [0.4, 0.5) is 14.6 Å². The smallest absolute Gasteiger partial charge is 0.168 e. The number of hydrogen-bond donors (Lipinski definition) is 1. The number of halogens is 3. The van der Waals surface area contributed by atoms with Gasteiger partial charge in [0.15, 0.2) is 17.5 Å². The van der Waals surface area contributed by atoms with E-state index in [0.717, 1.165) is 27.2 Å². The van der Waals surface area contributed by atoms with Crippen LogP contribution in [0.25, 0.3) is 0 Å². The Morgan fingerprint density at radius 2 is 1.94 bits per heavy atom. The van der Waals surface area contributed by atoms with Crippen LogP contribution in [0.2, 0.25) is 0 Å². The predicted octanol–water partition coefficient (Wildman–Crippen LogP) is 4.32. The summed E-state index contributed by atoms with van der Waals surface area (Å²) in [5, 5.41) is 2.72. The first-order valence-electron chi connectivity index (χ1n) is 5.08. The molecule has 0 aliphatic heterocycles. The molecule has 18 heavy (non-hydrogen) atoms. The van der Waals surface area contributed by atoms with Gasteiger partial charge >= 0.3 is 0 Å². The zero-order valence-electron chi connectivity index (χ0n) is 9.38. The van der Waals surface area contributed by atoms with Crippen molar-refractivity contribution in [3.05, 3.63) is 46.4 Å². The summed E-state index contributed by atoms with van der Waals surface area (Å²) in [7, 11) is 1.54. The Balaban J connectivity index is 2.38. The summed E-state index contributed by atoms with van der Waals surface area (Å²) in [5.41, 5.74) is 0. The van der Waals surface area contributed by atoms with Crippen molar-refractivity contribution in [1.29, 1.82) is 0 Å². The van der Waals surface area contributed by atoms with E-state index < -0.39 is 11.6 Å². The van der Waals surface area contributed by atoms with Gasteiger partial charge in [-0.2, -0.15) is 0 Å². The molecule has 1 heterocycles. The second-order valence-electron chi connectivity index (χ2n) is 3.39. The fraction of sp³-hybridized carbons (Fsp3) is 0.0833. The average Bonchev–Trinajstić information content (AvgIpc) is 2.35. The van der Waals surface area contributed by atoms with Gasteiger partial charge in [0.1, 0.15) is 5.03 Å². The van der Waals surface area contributed by atoms with Crippen LogP contribution in [-0.4, -0.2) is 12.0 Å². The summed E-state index contributed by atoms with van der Waals surface area (Å²) >= 11 is 4.51. The molecule has 1 N–H and O–H groups in total. The highest BCUT2D eigenvalue weighted by molar-refractivity contribution is 9.10. The lowest BCUT2D eigenvalue weighted by Gasteiger charge is -2.07. The number of benzene rings is 1. The SMILES string of the molecule is CNc1nc(Sc2ccccc2Br)c(F)cc1F. The lowest BCUT2D eigenvalue weighted by atomic mass is 10.4. The average molecular weight is 331 g/mol. The topological polar surface area (TPSA) is 24.9 Å². The highest BCUT2D eigenvalue weighted by Crippen LogP contribution is 2.34. The number of hydrogen-bond acceptors (Lipinski definition) is 3. The van der Waals surface area contributed by atoms with Gasteiger partial charge in [-0.05, 0) is 28.1 Å². The third kappa shape index (κ3) is 2.81. The van der Waals surface area contributed by atoms with Gasteiger partial charge in [0.25, 0.3) is 0 Å². The van der Waals surface area contributed by atoms with Crippen LogP contribution < -0.4 is 5.32 Å². The molecule has 1 aromatic carbocycles. The predicted molar refractivity (Wildman–Crippen MR) is 72.0 cm³/mol. The second-order valence-corrected chi connectivity index (χ2v) is 5.27. The van der Waals surface area contributed by atoms with Crippen molar-refractivity contribution in [2.24, 2.45) is 0 Å². The molecular formula is C12H9BrF2N2S. The Kier molecular flexibility index (Phi) is 4.19.